The number of hydrogen-bond acceptors (Lipinski definition) is 2. The van der Waals surface area contributed by atoms with Crippen molar-refractivity contribution in [2.75, 3.05) is 0 Å². The summed E-state index contributed by atoms with van der Waals surface area (Å²) < 4.78 is 2.20. The summed E-state index contributed by atoms with van der Waals surface area (Å²) in [6, 6.07) is 7.26. The Morgan fingerprint density at radius 1 is 1.19 bits per heavy atom. The number of hydrogen-bond donors (Lipinski definition) is 2. The van der Waals surface area contributed by atoms with Gasteiger partial charge in [-0.3, -0.25) is 9.59 Å². The van der Waals surface area contributed by atoms with Crippen molar-refractivity contribution in [3.63, 3.8) is 0 Å². The molecule has 1 aromatic carbocycles. The van der Waals surface area contributed by atoms with Crippen molar-refractivity contribution in [2.45, 2.75) is 65.5 Å². The summed E-state index contributed by atoms with van der Waals surface area (Å²) in [5.74, 6) is -0.0903. The van der Waals surface area contributed by atoms with Gasteiger partial charge in [0.15, 0.2) is 0 Å². The maximum atomic E-state index is 13.0. The topological polar surface area (TPSA) is 77.1 Å². The lowest BCUT2D eigenvalue weighted by molar-refractivity contribution is -0.122. The van der Waals surface area contributed by atoms with Crippen molar-refractivity contribution >= 4 is 22.7 Å². The Balaban J connectivity index is 1.89. The maximum Gasteiger partial charge on any atom is 0.254 e. The molecule has 146 valence electrons. The number of nitrogens with zero attached hydrogens (tertiary/aromatic N) is 1. The molecule has 0 aliphatic heterocycles. The molecule has 0 spiro atoms. The van der Waals surface area contributed by atoms with Gasteiger partial charge in [0, 0.05) is 23.6 Å². The van der Waals surface area contributed by atoms with Gasteiger partial charge in [0.2, 0.25) is 5.91 Å². The van der Waals surface area contributed by atoms with E-state index in [1.54, 1.807) is 0 Å². The van der Waals surface area contributed by atoms with Crippen LogP contribution in [0.1, 0.15) is 63.2 Å². The molecular weight excluding hydrogens is 338 g/mol. The zero-order valence-electron chi connectivity index (χ0n) is 16.6. The van der Waals surface area contributed by atoms with Gasteiger partial charge >= 0.3 is 0 Å². The van der Waals surface area contributed by atoms with E-state index in [0.29, 0.717) is 11.5 Å². The molecule has 1 aliphatic rings. The average Bonchev–Trinajstić information content (AvgIpc) is 2.98. The minimum Gasteiger partial charge on any atom is -0.368 e. The van der Waals surface area contributed by atoms with Gasteiger partial charge in [-0.2, -0.15) is 0 Å². The van der Waals surface area contributed by atoms with Gasteiger partial charge in [0.05, 0.1) is 5.56 Å². The van der Waals surface area contributed by atoms with Crippen LogP contribution < -0.4 is 11.1 Å². The summed E-state index contributed by atoms with van der Waals surface area (Å²) in [5, 5.41) is 3.77. The number of rotatable bonds is 5. The monoisotopic (exact) mass is 369 g/mol. The van der Waals surface area contributed by atoms with Gasteiger partial charge in [-0.25, -0.2) is 0 Å². The van der Waals surface area contributed by atoms with Crippen molar-refractivity contribution in [3.05, 3.63) is 36.0 Å². The fourth-order valence-electron chi connectivity index (χ4n) is 4.15. The van der Waals surface area contributed by atoms with Crippen LogP contribution in [0.15, 0.2) is 30.5 Å². The highest BCUT2D eigenvalue weighted by Crippen LogP contribution is 2.29. The summed E-state index contributed by atoms with van der Waals surface area (Å²) in [7, 11) is 0. The number of carbonyl (C=O) groups excluding carboxylic acids is 2. The van der Waals surface area contributed by atoms with Crippen molar-refractivity contribution < 1.29 is 9.59 Å². The molecule has 5 heteroatoms. The van der Waals surface area contributed by atoms with E-state index in [9.17, 15) is 9.59 Å². The lowest BCUT2D eigenvalue weighted by Crippen LogP contribution is -2.52. The fraction of sp³-hybridized carbons (Fsp3) is 0.545. The van der Waals surface area contributed by atoms with Crippen molar-refractivity contribution in [1.82, 2.24) is 9.88 Å². The van der Waals surface area contributed by atoms with Gasteiger partial charge in [0.1, 0.15) is 6.04 Å². The predicted molar refractivity (Wildman–Crippen MR) is 108 cm³/mol. The first-order valence-electron chi connectivity index (χ1n) is 9.95. The first-order valence-corrected chi connectivity index (χ1v) is 9.95. The zero-order chi connectivity index (χ0) is 19.6. The Morgan fingerprint density at radius 2 is 1.85 bits per heavy atom. The number of aromatic nitrogens is 1. The molecule has 0 saturated heterocycles. The number of fused-ring (bicyclic) bond motifs is 1. The van der Waals surface area contributed by atoms with Gasteiger partial charge < -0.3 is 15.6 Å². The lowest BCUT2D eigenvalue weighted by Gasteiger charge is -2.28. The van der Waals surface area contributed by atoms with Crippen molar-refractivity contribution in [2.24, 2.45) is 17.1 Å². The number of benzene rings is 1. The molecule has 1 aliphatic carbocycles. The predicted octanol–water partition coefficient (Wildman–Crippen LogP) is 3.85. The highest BCUT2D eigenvalue weighted by molar-refractivity contribution is 6.08. The first kappa shape index (κ1) is 19.5. The molecule has 2 amide bonds. The van der Waals surface area contributed by atoms with E-state index < -0.39 is 17.4 Å². The number of carbonyl (C=O) groups is 2. The Labute approximate surface area is 161 Å². The summed E-state index contributed by atoms with van der Waals surface area (Å²) in [6.07, 6.45) is 8.36. The van der Waals surface area contributed by atoms with Gasteiger partial charge in [-0.15, -0.1) is 0 Å². The molecule has 5 nitrogen and oxygen atoms in total. The second-order valence-electron chi connectivity index (χ2n) is 8.89. The molecule has 0 unspecified atom stereocenters. The highest BCUT2D eigenvalue weighted by atomic mass is 16.2. The quantitative estimate of drug-likeness (QED) is 0.840. The number of primary amides is 1. The van der Waals surface area contributed by atoms with Crippen LogP contribution in [0.2, 0.25) is 0 Å². The van der Waals surface area contributed by atoms with Crippen LogP contribution in [-0.2, 0) is 11.3 Å². The second-order valence-corrected chi connectivity index (χ2v) is 8.89. The maximum absolute atomic E-state index is 13.0. The smallest absolute Gasteiger partial charge is 0.254 e. The highest BCUT2D eigenvalue weighted by Gasteiger charge is 2.32. The van der Waals surface area contributed by atoms with Crippen LogP contribution in [0, 0.1) is 11.3 Å². The van der Waals surface area contributed by atoms with E-state index in [4.69, 9.17) is 5.73 Å². The Hall–Kier alpha value is -2.30. The molecule has 1 aromatic heterocycles. The van der Waals surface area contributed by atoms with Gasteiger partial charge in [-0.1, -0.05) is 58.2 Å². The van der Waals surface area contributed by atoms with E-state index in [1.165, 1.54) is 32.1 Å². The van der Waals surface area contributed by atoms with Gasteiger partial charge in [0.25, 0.3) is 5.91 Å². The van der Waals surface area contributed by atoms with Crippen LogP contribution in [-0.4, -0.2) is 22.4 Å². The van der Waals surface area contributed by atoms with Crippen LogP contribution in [0.4, 0.5) is 0 Å². The fourth-order valence-corrected chi connectivity index (χ4v) is 4.15. The normalized spacial score (nSPS) is 17.0. The number of para-hydroxylation sites is 1. The third-order valence-electron chi connectivity index (χ3n) is 5.64. The van der Waals surface area contributed by atoms with Crippen LogP contribution >= 0.6 is 0 Å². The molecule has 27 heavy (non-hydrogen) atoms. The summed E-state index contributed by atoms with van der Waals surface area (Å²) in [5.41, 5.74) is 6.77. The largest absolute Gasteiger partial charge is 0.368 e. The van der Waals surface area contributed by atoms with Gasteiger partial charge in [-0.05, 0) is 30.2 Å². The third-order valence-corrected chi connectivity index (χ3v) is 5.64. The Bertz CT molecular complexity index is 826. The molecule has 0 bridgehead atoms. The summed E-state index contributed by atoms with van der Waals surface area (Å²) in [6.45, 7) is 6.63. The molecule has 0 radical (unpaired) electrons. The van der Waals surface area contributed by atoms with Crippen molar-refractivity contribution in [1.29, 1.82) is 0 Å². The van der Waals surface area contributed by atoms with E-state index in [0.717, 1.165) is 17.4 Å². The van der Waals surface area contributed by atoms with Crippen LogP contribution in [0.25, 0.3) is 10.9 Å². The average molecular weight is 370 g/mol. The Morgan fingerprint density at radius 3 is 2.48 bits per heavy atom. The van der Waals surface area contributed by atoms with E-state index in [1.807, 2.05) is 45.2 Å². The van der Waals surface area contributed by atoms with Crippen molar-refractivity contribution in [3.8, 4) is 0 Å². The summed E-state index contributed by atoms with van der Waals surface area (Å²) >= 11 is 0. The lowest BCUT2D eigenvalue weighted by atomic mass is 9.86. The minimum absolute atomic E-state index is 0.243. The Kier molecular flexibility index (Phi) is 5.59. The second kappa shape index (κ2) is 7.75. The molecule has 1 saturated carbocycles. The zero-order valence-corrected chi connectivity index (χ0v) is 16.6. The number of nitrogens with two attached hydrogens (primary N) is 1. The first-order chi connectivity index (χ1) is 12.8. The van der Waals surface area contributed by atoms with E-state index in [2.05, 4.69) is 16.0 Å². The van der Waals surface area contributed by atoms with E-state index >= 15 is 0 Å². The molecule has 2 aromatic rings. The van der Waals surface area contributed by atoms with E-state index in [-0.39, 0.29) is 5.91 Å². The molecule has 1 heterocycles. The third kappa shape index (κ3) is 4.34. The van der Waals surface area contributed by atoms with Crippen LogP contribution in [0.5, 0.6) is 0 Å². The molecular formula is C22H31N3O2. The SMILES string of the molecule is CC(C)(C)[C@H](NC(=O)c1cn(CC2CCCCC2)c2ccccc12)C(N)=O. The standard InChI is InChI=1S/C22H31N3O2/c1-22(2,3)19(20(23)26)24-21(27)17-14-25(13-15-9-5-4-6-10-15)18-12-8-7-11-16(17)18/h7-8,11-12,14-15,19H,4-6,9-10,13H2,1-3H3,(H2,23,26)(H,24,27)/t19-/m1/s1. The molecule has 3 rings (SSSR count). The number of nitrogens with one attached hydrogen (secondary N) is 1. The number of amides is 2. The summed E-state index contributed by atoms with van der Waals surface area (Å²) in [4.78, 5) is 24.8. The molecule has 3 N–H and O–H groups in total. The van der Waals surface area contributed by atoms with Crippen LogP contribution in [0.3, 0.4) is 0 Å². The molecule has 1 atom stereocenters. The minimum atomic E-state index is -0.717. The molecule has 1 fully saturated rings.